The van der Waals surface area contributed by atoms with Crippen molar-refractivity contribution in [2.75, 3.05) is 19.8 Å². The summed E-state index contributed by atoms with van der Waals surface area (Å²) in [5.74, 6) is -0.244. The van der Waals surface area contributed by atoms with Gasteiger partial charge < -0.3 is 65.1 Å². The lowest BCUT2D eigenvalue weighted by molar-refractivity contribution is -0.359. The molecule has 2 aliphatic rings. The van der Waals surface area contributed by atoms with Crippen molar-refractivity contribution in [3.8, 4) is 0 Å². The first-order chi connectivity index (χ1) is 39.1. The van der Waals surface area contributed by atoms with Crippen LogP contribution in [0.2, 0.25) is 0 Å². The maximum Gasteiger partial charge on any atom is 0.220 e. The summed E-state index contributed by atoms with van der Waals surface area (Å²) in [4.78, 5) is 13.3. The van der Waals surface area contributed by atoms with Crippen LogP contribution < -0.4 is 5.32 Å². The first kappa shape index (κ1) is 74.6. The monoisotopic (exact) mass is 1140 g/mol. The van der Waals surface area contributed by atoms with Gasteiger partial charge >= 0.3 is 0 Å². The Morgan fingerprint density at radius 1 is 0.438 bits per heavy atom. The van der Waals surface area contributed by atoms with Crippen LogP contribution in [0.4, 0.5) is 0 Å². The Morgan fingerprint density at radius 3 is 1.23 bits per heavy atom. The summed E-state index contributed by atoms with van der Waals surface area (Å²) in [6.07, 6.45) is 46.8. The molecule has 2 rings (SSSR count). The quantitative estimate of drug-likeness (QED) is 0.0204. The van der Waals surface area contributed by atoms with Crippen molar-refractivity contribution in [1.29, 1.82) is 0 Å². The summed E-state index contributed by atoms with van der Waals surface area (Å²) in [5, 5.41) is 87.2. The minimum absolute atomic E-state index is 0.244. The minimum atomic E-state index is -1.79. The van der Waals surface area contributed by atoms with E-state index in [0.717, 1.165) is 32.1 Å². The Kier molecular flexibility index (Phi) is 48.3. The van der Waals surface area contributed by atoms with Gasteiger partial charge in [-0.3, -0.25) is 4.79 Å². The number of aliphatic hydroxyl groups is 8. The van der Waals surface area contributed by atoms with Gasteiger partial charge in [-0.05, 0) is 32.1 Å². The van der Waals surface area contributed by atoms with E-state index in [1.54, 1.807) is 6.08 Å². The van der Waals surface area contributed by atoms with Crippen molar-refractivity contribution >= 4 is 5.91 Å². The third-order valence-electron chi connectivity index (χ3n) is 16.6. The SMILES string of the molecule is CCCCCCCCCCCCCCCCCCCCCCCCCCC/C=C/CC/C=C/C(O)C(COC1OC(CO)C(OC2OC(CO)C(O)C(O)C2O)C(O)C1O)NC(=O)CCCCCCCCCCCCCCCCC. The van der Waals surface area contributed by atoms with Crippen LogP contribution in [0.5, 0.6) is 0 Å². The molecule has 472 valence electrons. The van der Waals surface area contributed by atoms with Crippen LogP contribution >= 0.6 is 0 Å². The fourth-order valence-corrected chi connectivity index (χ4v) is 11.3. The van der Waals surface area contributed by atoms with Crippen molar-refractivity contribution in [3.63, 3.8) is 0 Å². The molecule has 0 aliphatic carbocycles. The van der Waals surface area contributed by atoms with Crippen LogP contribution in [0.25, 0.3) is 0 Å². The van der Waals surface area contributed by atoms with Crippen LogP contribution in [0.1, 0.15) is 296 Å². The Hall–Kier alpha value is -1.53. The predicted molar refractivity (Wildman–Crippen MR) is 323 cm³/mol. The fraction of sp³-hybridized carbons (Fsp3) is 0.924. The molecule has 0 radical (unpaired) electrons. The highest BCUT2D eigenvalue weighted by atomic mass is 16.7. The van der Waals surface area contributed by atoms with Gasteiger partial charge in [0.15, 0.2) is 12.6 Å². The largest absolute Gasteiger partial charge is 0.394 e. The number of allylic oxidation sites excluding steroid dienone is 3. The first-order valence-corrected chi connectivity index (χ1v) is 33.6. The number of hydrogen-bond donors (Lipinski definition) is 9. The molecule has 0 spiro atoms. The van der Waals surface area contributed by atoms with E-state index in [1.807, 2.05) is 6.08 Å². The zero-order valence-corrected chi connectivity index (χ0v) is 51.1. The highest BCUT2D eigenvalue weighted by Crippen LogP contribution is 2.30. The fourth-order valence-electron chi connectivity index (χ4n) is 11.3. The lowest BCUT2D eigenvalue weighted by Crippen LogP contribution is -2.65. The predicted octanol–water partition coefficient (Wildman–Crippen LogP) is 12.8. The lowest BCUT2D eigenvalue weighted by Gasteiger charge is -2.46. The van der Waals surface area contributed by atoms with Gasteiger partial charge in [-0.1, -0.05) is 282 Å². The molecule has 12 atom stereocenters. The number of ether oxygens (including phenoxy) is 4. The molecule has 2 heterocycles. The summed E-state index contributed by atoms with van der Waals surface area (Å²) >= 11 is 0. The molecule has 14 heteroatoms. The van der Waals surface area contributed by atoms with Gasteiger partial charge in [0.2, 0.25) is 5.91 Å². The van der Waals surface area contributed by atoms with Crippen molar-refractivity contribution < 1.29 is 64.6 Å². The van der Waals surface area contributed by atoms with Crippen LogP contribution in [-0.2, 0) is 23.7 Å². The van der Waals surface area contributed by atoms with Gasteiger partial charge in [0.05, 0.1) is 32.0 Å². The Balaban J connectivity index is 1.68. The van der Waals surface area contributed by atoms with Gasteiger partial charge in [-0.2, -0.15) is 0 Å². The molecule has 80 heavy (non-hydrogen) atoms. The molecule has 12 unspecified atom stereocenters. The summed E-state index contributed by atoms with van der Waals surface area (Å²) in [6.45, 7) is 2.82. The average Bonchev–Trinajstić information content (AvgIpc) is 3.46. The lowest BCUT2D eigenvalue weighted by atomic mass is 9.97. The second-order valence-electron chi connectivity index (χ2n) is 24.0. The molecule has 2 saturated heterocycles. The summed E-state index contributed by atoms with van der Waals surface area (Å²) in [5.41, 5.74) is 0. The molecule has 0 aromatic carbocycles. The Bertz CT molecular complexity index is 1440. The standard InChI is InChI=1S/C66H125NO13/c1-3-5-7-9-11-13-15-17-19-20-21-22-23-24-25-26-27-28-29-30-31-32-33-34-36-37-39-41-43-45-47-49-55(70)54(67-58(71)50-48-46-44-42-40-38-35-18-16-14-12-10-8-6-4-2)53-77-65-63(76)61(74)64(57(52-69)79-65)80-66-62(75)60(73)59(72)56(51-68)78-66/h39,41,47,49,54-57,59-66,68-70,72-76H,3-38,40,42-46,48,50-53H2,1-2H3,(H,67,71)/b41-39+,49-47+. The molecule has 0 bridgehead atoms. The number of amides is 1. The topological polar surface area (TPSA) is 228 Å². The van der Waals surface area contributed by atoms with E-state index < -0.39 is 86.8 Å². The van der Waals surface area contributed by atoms with Crippen molar-refractivity contribution in [2.45, 2.75) is 370 Å². The summed E-state index contributed by atoms with van der Waals surface area (Å²) in [7, 11) is 0. The zero-order chi connectivity index (χ0) is 58.1. The molecule has 9 N–H and O–H groups in total. The van der Waals surface area contributed by atoms with Crippen molar-refractivity contribution in [3.05, 3.63) is 24.3 Å². The highest BCUT2D eigenvalue weighted by molar-refractivity contribution is 5.76. The number of carbonyl (C=O) groups excluding carboxylic acids is 1. The van der Waals surface area contributed by atoms with E-state index in [-0.39, 0.29) is 18.9 Å². The maximum absolute atomic E-state index is 13.3. The number of aliphatic hydroxyl groups excluding tert-OH is 8. The van der Waals surface area contributed by atoms with E-state index in [1.165, 1.54) is 231 Å². The van der Waals surface area contributed by atoms with Gasteiger partial charge in [-0.15, -0.1) is 0 Å². The second-order valence-corrected chi connectivity index (χ2v) is 24.0. The molecule has 0 saturated carbocycles. The second kappa shape index (κ2) is 51.9. The molecule has 14 nitrogen and oxygen atoms in total. The third-order valence-corrected chi connectivity index (χ3v) is 16.6. The maximum atomic E-state index is 13.3. The third kappa shape index (κ3) is 36.3. The average molecular weight is 1140 g/mol. The molecule has 2 aliphatic heterocycles. The molecule has 1 amide bonds. The van der Waals surface area contributed by atoms with E-state index in [4.69, 9.17) is 18.9 Å². The Morgan fingerprint density at radius 2 is 0.800 bits per heavy atom. The van der Waals surface area contributed by atoms with E-state index in [2.05, 4.69) is 31.3 Å². The summed E-state index contributed by atoms with van der Waals surface area (Å²) < 4.78 is 22.8. The number of hydrogen-bond acceptors (Lipinski definition) is 13. The van der Waals surface area contributed by atoms with E-state index in [0.29, 0.717) is 12.8 Å². The van der Waals surface area contributed by atoms with E-state index >= 15 is 0 Å². The molecular formula is C66H125NO13. The molecule has 0 aromatic rings. The first-order valence-electron chi connectivity index (χ1n) is 33.6. The number of rotatable bonds is 55. The molecule has 2 fully saturated rings. The minimum Gasteiger partial charge on any atom is -0.394 e. The number of carbonyl (C=O) groups is 1. The smallest absolute Gasteiger partial charge is 0.220 e. The number of unbranched alkanes of at least 4 members (excludes halogenated alkanes) is 40. The zero-order valence-electron chi connectivity index (χ0n) is 51.1. The number of nitrogens with one attached hydrogen (secondary N) is 1. The van der Waals surface area contributed by atoms with Crippen LogP contribution in [0.3, 0.4) is 0 Å². The summed E-state index contributed by atoms with van der Waals surface area (Å²) in [6, 6.07) is -0.928. The van der Waals surface area contributed by atoms with Crippen LogP contribution in [0.15, 0.2) is 24.3 Å². The van der Waals surface area contributed by atoms with Crippen molar-refractivity contribution in [2.24, 2.45) is 0 Å². The highest BCUT2D eigenvalue weighted by Gasteiger charge is 2.51. The van der Waals surface area contributed by atoms with Gasteiger partial charge in [0.25, 0.3) is 0 Å². The van der Waals surface area contributed by atoms with Gasteiger partial charge in [0.1, 0.15) is 48.8 Å². The van der Waals surface area contributed by atoms with Crippen molar-refractivity contribution in [1.82, 2.24) is 5.32 Å². The van der Waals surface area contributed by atoms with E-state index in [9.17, 15) is 45.6 Å². The van der Waals surface area contributed by atoms with Gasteiger partial charge in [0, 0.05) is 6.42 Å². The normalized spacial score (nSPS) is 24.3. The van der Waals surface area contributed by atoms with Crippen LogP contribution in [-0.4, -0.2) is 140 Å². The molecular weight excluding hydrogens is 1010 g/mol. The van der Waals surface area contributed by atoms with Gasteiger partial charge in [-0.25, -0.2) is 0 Å². The molecule has 0 aromatic heterocycles. The Labute approximate surface area is 488 Å². The van der Waals surface area contributed by atoms with Crippen LogP contribution in [0, 0.1) is 0 Å².